The maximum atomic E-state index is 10.6. The minimum Gasteiger partial charge on any atom is -0.458 e. The highest BCUT2D eigenvalue weighted by atomic mass is 16.4. The Bertz CT molecular complexity index is 892. The molecule has 0 amide bonds. The normalized spacial score (nSPS) is 12.8. The molecule has 0 aliphatic rings. The van der Waals surface area contributed by atoms with Crippen molar-refractivity contribution in [1.29, 1.82) is 0 Å². The lowest BCUT2D eigenvalue weighted by Crippen LogP contribution is -2.00. The molecular weight excluding hydrogens is 264 g/mol. The fourth-order valence-electron chi connectivity index (χ4n) is 2.53. The summed E-state index contributed by atoms with van der Waals surface area (Å²) in [6.07, 6.45) is 2.40. The van der Waals surface area contributed by atoms with Crippen LogP contribution >= 0.6 is 0 Å². The minimum absolute atomic E-state index is 0.509. The van der Waals surface area contributed by atoms with E-state index in [2.05, 4.69) is 9.97 Å². The second-order valence-corrected chi connectivity index (χ2v) is 4.86. The SMILES string of the molecule is OC(c1cc2ccccc2o1)c1cccc2nccnc12. The predicted molar refractivity (Wildman–Crippen MR) is 79.8 cm³/mol. The number of hydrogen-bond donors (Lipinski definition) is 1. The third-order valence-electron chi connectivity index (χ3n) is 3.54. The Kier molecular flexibility index (Phi) is 2.69. The van der Waals surface area contributed by atoms with Gasteiger partial charge in [-0.1, -0.05) is 30.3 Å². The summed E-state index contributed by atoms with van der Waals surface area (Å²) in [5.41, 5.74) is 2.90. The van der Waals surface area contributed by atoms with Gasteiger partial charge in [-0.2, -0.15) is 0 Å². The summed E-state index contributed by atoms with van der Waals surface area (Å²) in [4.78, 5) is 8.57. The number of aliphatic hydroxyl groups is 1. The fraction of sp³-hybridized carbons (Fsp3) is 0.0588. The topological polar surface area (TPSA) is 59.2 Å². The number of furan rings is 1. The molecule has 1 unspecified atom stereocenters. The largest absolute Gasteiger partial charge is 0.458 e. The highest BCUT2D eigenvalue weighted by Crippen LogP contribution is 2.30. The zero-order chi connectivity index (χ0) is 14.2. The van der Waals surface area contributed by atoms with Crippen LogP contribution in [0.4, 0.5) is 0 Å². The number of benzene rings is 2. The van der Waals surface area contributed by atoms with E-state index in [4.69, 9.17) is 4.42 Å². The lowest BCUT2D eigenvalue weighted by atomic mass is 10.0. The van der Waals surface area contributed by atoms with E-state index in [1.54, 1.807) is 12.4 Å². The summed E-state index contributed by atoms with van der Waals surface area (Å²) in [6, 6.07) is 15.1. The van der Waals surface area contributed by atoms with Crippen LogP contribution < -0.4 is 0 Å². The smallest absolute Gasteiger partial charge is 0.139 e. The number of fused-ring (bicyclic) bond motifs is 2. The highest BCUT2D eigenvalue weighted by Gasteiger charge is 2.18. The molecule has 2 aromatic carbocycles. The van der Waals surface area contributed by atoms with E-state index in [1.165, 1.54) is 0 Å². The minimum atomic E-state index is -0.863. The molecular formula is C17H12N2O2. The highest BCUT2D eigenvalue weighted by molar-refractivity contribution is 5.80. The predicted octanol–water partition coefficient (Wildman–Crippen LogP) is 3.46. The van der Waals surface area contributed by atoms with E-state index in [1.807, 2.05) is 48.5 Å². The number of nitrogens with zero attached hydrogens (tertiary/aromatic N) is 2. The molecule has 0 saturated heterocycles. The van der Waals surface area contributed by atoms with Crippen LogP contribution in [0.1, 0.15) is 17.4 Å². The van der Waals surface area contributed by atoms with Crippen molar-refractivity contribution >= 4 is 22.0 Å². The first-order valence-electron chi connectivity index (χ1n) is 6.69. The van der Waals surface area contributed by atoms with Crippen molar-refractivity contribution in [3.63, 3.8) is 0 Å². The maximum Gasteiger partial charge on any atom is 0.139 e. The molecule has 0 spiro atoms. The first-order chi connectivity index (χ1) is 10.3. The van der Waals surface area contributed by atoms with Gasteiger partial charge in [0, 0.05) is 23.3 Å². The summed E-state index contributed by atoms with van der Waals surface area (Å²) >= 11 is 0. The number of hydrogen-bond acceptors (Lipinski definition) is 4. The average molecular weight is 276 g/mol. The molecule has 0 saturated carbocycles. The van der Waals surface area contributed by atoms with Crippen LogP contribution in [0, 0.1) is 0 Å². The lowest BCUT2D eigenvalue weighted by Gasteiger charge is -2.10. The van der Waals surface area contributed by atoms with Crippen molar-refractivity contribution in [3.05, 3.63) is 72.2 Å². The summed E-state index contributed by atoms with van der Waals surface area (Å²) in [5.74, 6) is 0.509. The molecule has 0 radical (unpaired) electrons. The van der Waals surface area contributed by atoms with Gasteiger partial charge in [0.1, 0.15) is 17.4 Å². The van der Waals surface area contributed by atoms with E-state index >= 15 is 0 Å². The summed E-state index contributed by atoms with van der Waals surface area (Å²) in [6.45, 7) is 0. The molecule has 4 rings (SSSR count). The van der Waals surface area contributed by atoms with Gasteiger partial charge in [0.25, 0.3) is 0 Å². The molecule has 4 nitrogen and oxygen atoms in total. The molecule has 21 heavy (non-hydrogen) atoms. The molecule has 1 atom stereocenters. The molecule has 0 bridgehead atoms. The number of para-hydroxylation sites is 2. The Hall–Kier alpha value is -2.72. The standard InChI is InChI=1S/C17H12N2O2/c20-17(15-10-11-4-1-2-7-14(11)21-15)12-5-3-6-13-16(12)19-9-8-18-13/h1-10,17,20H. The Morgan fingerprint density at radius 2 is 1.81 bits per heavy atom. The molecule has 0 aliphatic heterocycles. The van der Waals surface area contributed by atoms with Crippen LogP contribution in [0.5, 0.6) is 0 Å². The molecule has 102 valence electrons. The van der Waals surface area contributed by atoms with E-state index in [9.17, 15) is 5.11 Å². The van der Waals surface area contributed by atoms with Crippen LogP contribution in [0.15, 0.2) is 65.3 Å². The van der Waals surface area contributed by atoms with Gasteiger partial charge in [0.15, 0.2) is 0 Å². The Labute approximate surface area is 120 Å². The van der Waals surface area contributed by atoms with Gasteiger partial charge in [0.05, 0.1) is 11.0 Å². The van der Waals surface area contributed by atoms with E-state index in [0.29, 0.717) is 16.8 Å². The second-order valence-electron chi connectivity index (χ2n) is 4.86. The molecule has 4 heteroatoms. The average Bonchev–Trinajstić information content (AvgIpc) is 2.97. The van der Waals surface area contributed by atoms with Crippen LogP contribution in [0.2, 0.25) is 0 Å². The van der Waals surface area contributed by atoms with Crippen LogP contribution in [0.3, 0.4) is 0 Å². The zero-order valence-corrected chi connectivity index (χ0v) is 11.1. The second kappa shape index (κ2) is 4.68. The number of rotatable bonds is 2. The van der Waals surface area contributed by atoms with Crippen molar-refractivity contribution < 1.29 is 9.52 Å². The van der Waals surface area contributed by atoms with Gasteiger partial charge >= 0.3 is 0 Å². The van der Waals surface area contributed by atoms with E-state index in [-0.39, 0.29) is 0 Å². The Morgan fingerprint density at radius 1 is 0.952 bits per heavy atom. The van der Waals surface area contributed by atoms with Crippen LogP contribution in [0.25, 0.3) is 22.0 Å². The zero-order valence-electron chi connectivity index (χ0n) is 11.1. The molecule has 2 aromatic heterocycles. The summed E-state index contributed by atoms with van der Waals surface area (Å²) in [5, 5.41) is 11.6. The third kappa shape index (κ3) is 1.97. The third-order valence-corrected chi connectivity index (χ3v) is 3.54. The molecule has 0 fully saturated rings. The van der Waals surface area contributed by atoms with Crippen molar-refractivity contribution in [2.75, 3.05) is 0 Å². The Balaban J connectivity index is 1.87. The van der Waals surface area contributed by atoms with Gasteiger partial charge in [-0.25, -0.2) is 0 Å². The van der Waals surface area contributed by atoms with E-state index < -0.39 is 6.10 Å². The fourth-order valence-corrected chi connectivity index (χ4v) is 2.53. The van der Waals surface area contributed by atoms with Gasteiger partial charge in [-0.15, -0.1) is 0 Å². The van der Waals surface area contributed by atoms with Crippen molar-refractivity contribution in [3.8, 4) is 0 Å². The number of aliphatic hydroxyl groups excluding tert-OH is 1. The van der Waals surface area contributed by atoms with Crippen molar-refractivity contribution in [2.45, 2.75) is 6.10 Å². The van der Waals surface area contributed by atoms with Crippen molar-refractivity contribution in [2.24, 2.45) is 0 Å². The maximum absolute atomic E-state index is 10.6. The Morgan fingerprint density at radius 3 is 2.71 bits per heavy atom. The van der Waals surface area contributed by atoms with Crippen LogP contribution in [-0.2, 0) is 0 Å². The lowest BCUT2D eigenvalue weighted by molar-refractivity contribution is 0.193. The molecule has 0 aliphatic carbocycles. The van der Waals surface area contributed by atoms with Gasteiger partial charge in [0.2, 0.25) is 0 Å². The first-order valence-corrected chi connectivity index (χ1v) is 6.69. The molecule has 4 aromatic rings. The summed E-state index contributed by atoms with van der Waals surface area (Å²) < 4.78 is 5.73. The first kappa shape index (κ1) is 12.1. The monoisotopic (exact) mass is 276 g/mol. The van der Waals surface area contributed by atoms with Gasteiger partial charge in [-0.3, -0.25) is 9.97 Å². The summed E-state index contributed by atoms with van der Waals surface area (Å²) in [7, 11) is 0. The van der Waals surface area contributed by atoms with Gasteiger partial charge < -0.3 is 9.52 Å². The molecule has 2 heterocycles. The molecule has 1 N–H and O–H groups in total. The quantitative estimate of drug-likeness (QED) is 0.609. The van der Waals surface area contributed by atoms with Crippen molar-refractivity contribution in [1.82, 2.24) is 9.97 Å². The van der Waals surface area contributed by atoms with E-state index in [0.717, 1.165) is 16.5 Å². The number of aromatic nitrogens is 2. The van der Waals surface area contributed by atoms with Gasteiger partial charge in [-0.05, 0) is 18.2 Å². The van der Waals surface area contributed by atoms with Crippen LogP contribution in [-0.4, -0.2) is 15.1 Å².